The van der Waals surface area contributed by atoms with Crippen LogP contribution in [0.4, 0.5) is 17.8 Å². The van der Waals surface area contributed by atoms with Crippen LogP contribution in [0, 0.1) is 0 Å². The van der Waals surface area contributed by atoms with Gasteiger partial charge in [-0.1, -0.05) is 0 Å². The van der Waals surface area contributed by atoms with E-state index in [1.165, 1.54) is 0 Å². The third-order valence-electron chi connectivity index (χ3n) is 2.46. The maximum absolute atomic E-state index is 8.82. The van der Waals surface area contributed by atoms with Gasteiger partial charge < -0.3 is 25.7 Å². The molecule has 0 aliphatic carbocycles. The Kier molecular flexibility index (Phi) is 6.83. The summed E-state index contributed by atoms with van der Waals surface area (Å²) in [5, 5.41) is 23.5. The van der Waals surface area contributed by atoms with Crippen LogP contribution in [0.3, 0.4) is 0 Å². The van der Waals surface area contributed by atoms with E-state index in [0.717, 1.165) is 13.1 Å². The van der Waals surface area contributed by atoms with Crippen molar-refractivity contribution in [2.45, 2.75) is 13.8 Å². The van der Waals surface area contributed by atoms with Crippen molar-refractivity contribution in [3.8, 4) is 0 Å². The Balaban J connectivity index is 2.93. The Labute approximate surface area is 112 Å². The van der Waals surface area contributed by atoms with Crippen LogP contribution in [0.2, 0.25) is 0 Å². The summed E-state index contributed by atoms with van der Waals surface area (Å²) in [7, 11) is 0. The maximum Gasteiger partial charge on any atom is 0.231 e. The first kappa shape index (κ1) is 15.4. The van der Waals surface area contributed by atoms with Crippen molar-refractivity contribution in [1.29, 1.82) is 0 Å². The van der Waals surface area contributed by atoms with Gasteiger partial charge in [-0.2, -0.15) is 15.0 Å². The Bertz CT molecular complexity index is 346. The van der Waals surface area contributed by atoms with E-state index in [4.69, 9.17) is 10.2 Å². The third kappa shape index (κ3) is 4.84. The minimum absolute atomic E-state index is 0.00564. The minimum Gasteiger partial charge on any atom is -0.395 e. The minimum atomic E-state index is 0.00564. The molecule has 1 rings (SSSR count). The summed E-state index contributed by atoms with van der Waals surface area (Å²) in [6.45, 7) is 6.39. The average Bonchev–Trinajstić information content (AvgIpc) is 2.44. The molecule has 19 heavy (non-hydrogen) atoms. The second-order valence-corrected chi connectivity index (χ2v) is 3.76. The van der Waals surface area contributed by atoms with Crippen molar-refractivity contribution in [2.75, 3.05) is 54.9 Å². The van der Waals surface area contributed by atoms with Gasteiger partial charge in [-0.3, -0.25) is 0 Å². The highest BCUT2D eigenvalue weighted by molar-refractivity contribution is 5.43. The van der Waals surface area contributed by atoms with E-state index in [2.05, 4.69) is 25.6 Å². The lowest BCUT2D eigenvalue weighted by Gasteiger charge is -2.19. The van der Waals surface area contributed by atoms with Gasteiger partial charge in [0.15, 0.2) is 0 Å². The van der Waals surface area contributed by atoms with E-state index in [1.807, 2.05) is 18.7 Å². The standard InChI is InChI=1S/C11H22N6O2/c1-3-17(4-2)11-15-9(12-5-7-18)14-10(16-11)13-6-8-19/h18-19H,3-8H2,1-2H3,(H2,12,13,14,15,16). The zero-order valence-corrected chi connectivity index (χ0v) is 11.4. The van der Waals surface area contributed by atoms with E-state index in [0.29, 0.717) is 30.9 Å². The number of aliphatic hydroxyl groups is 2. The number of aliphatic hydroxyl groups excluding tert-OH is 2. The molecule has 4 N–H and O–H groups in total. The molecule has 0 spiro atoms. The van der Waals surface area contributed by atoms with E-state index in [-0.39, 0.29) is 13.2 Å². The van der Waals surface area contributed by atoms with Crippen molar-refractivity contribution in [3.05, 3.63) is 0 Å². The fraction of sp³-hybridized carbons (Fsp3) is 0.727. The number of hydrogen-bond acceptors (Lipinski definition) is 8. The van der Waals surface area contributed by atoms with Crippen LogP contribution in [0.15, 0.2) is 0 Å². The highest BCUT2D eigenvalue weighted by atomic mass is 16.3. The highest BCUT2D eigenvalue weighted by Crippen LogP contribution is 2.13. The average molecular weight is 270 g/mol. The zero-order chi connectivity index (χ0) is 14.1. The molecule has 0 fully saturated rings. The Morgan fingerprint density at radius 2 is 1.37 bits per heavy atom. The number of hydrogen-bond donors (Lipinski definition) is 4. The molecule has 0 aliphatic rings. The quantitative estimate of drug-likeness (QED) is 0.477. The van der Waals surface area contributed by atoms with Crippen LogP contribution < -0.4 is 15.5 Å². The number of rotatable bonds is 9. The van der Waals surface area contributed by atoms with Crippen LogP contribution in [0.25, 0.3) is 0 Å². The lowest BCUT2D eigenvalue weighted by atomic mass is 10.5. The Morgan fingerprint density at radius 1 is 0.895 bits per heavy atom. The predicted octanol–water partition coefficient (Wildman–Crippen LogP) is -0.474. The summed E-state index contributed by atoms with van der Waals surface area (Å²) in [5.74, 6) is 1.39. The first-order valence-corrected chi connectivity index (χ1v) is 6.45. The molecule has 0 aromatic carbocycles. The van der Waals surface area contributed by atoms with Crippen LogP contribution in [0.1, 0.15) is 13.8 Å². The molecule has 0 bridgehead atoms. The molecule has 0 aliphatic heterocycles. The topological polar surface area (TPSA) is 106 Å². The smallest absolute Gasteiger partial charge is 0.231 e. The molecule has 108 valence electrons. The van der Waals surface area contributed by atoms with E-state index >= 15 is 0 Å². The molecule has 8 nitrogen and oxygen atoms in total. The summed E-state index contributed by atoms with van der Waals surface area (Å²) in [6, 6.07) is 0. The molecule has 8 heteroatoms. The van der Waals surface area contributed by atoms with E-state index in [1.54, 1.807) is 0 Å². The fourth-order valence-electron chi connectivity index (χ4n) is 1.51. The van der Waals surface area contributed by atoms with Crippen LogP contribution in [-0.2, 0) is 0 Å². The van der Waals surface area contributed by atoms with Crippen molar-refractivity contribution in [3.63, 3.8) is 0 Å². The van der Waals surface area contributed by atoms with Crippen molar-refractivity contribution in [2.24, 2.45) is 0 Å². The molecular weight excluding hydrogens is 248 g/mol. The monoisotopic (exact) mass is 270 g/mol. The van der Waals surface area contributed by atoms with E-state index in [9.17, 15) is 0 Å². The molecule has 0 saturated carbocycles. The number of nitrogens with one attached hydrogen (secondary N) is 2. The molecule has 1 heterocycles. The summed E-state index contributed by atoms with van der Waals surface area (Å²) < 4.78 is 0. The van der Waals surface area contributed by atoms with Gasteiger partial charge in [0.05, 0.1) is 13.2 Å². The normalized spacial score (nSPS) is 10.3. The number of nitrogens with zero attached hydrogens (tertiary/aromatic N) is 4. The first-order valence-electron chi connectivity index (χ1n) is 6.45. The van der Waals surface area contributed by atoms with Crippen LogP contribution in [0.5, 0.6) is 0 Å². The fourth-order valence-corrected chi connectivity index (χ4v) is 1.51. The molecule has 0 radical (unpaired) electrons. The molecule has 0 saturated heterocycles. The van der Waals surface area contributed by atoms with Gasteiger partial charge in [0.1, 0.15) is 0 Å². The lowest BCUT2D eigenvalue weighted by Crippen LogP contribution is -2.26. The molecule has 1 aromatic rings. The van der Waals surface area contributed by atoms with Gasteiger partial charge in [0.25, 0.3) is 0 Å². The van der Waals surface area contributed by atoms with Crippen LogP contribution >= 0.6 is 0 Å². The number of anilines is 3. The molecular formula is C11H22N6O2. The van der Waals surface area contributed by atoms with Gasteiger partial charge in [0.2, 0.25) is 17.8 Å². The summed E-state index contributed by atoms with van der Waals surface area (Å²) >= 11 is 0. The molecule has 0 amide bonds. The lowest BCUT2D eigenvalue weighted by molar-refractivity contribution is 0.310. The molecule has 0 atom stereocenters. The second kappa shape index (κ2) is 8.44. The van der Waals surface area contributed by atoms with Crippen LogP contribution in [-0.4, -0.2) is 64.6 Å². The van der Waals surface area contributed by atoms with Gasteiger partial charge in [-0.25, -0.2) is 0 Å². The number of aromatic nitrogens is 3. The SMILES string of the molecule is CCN(CC)c1nc(NCCO)nc(NCCO)n1. The third-order valence-corrected chi connectivity index (χ3v) is 2.46. The van der Waals surface area contributed by atoms with Gasteiger partial charge >= 0.3 is 0 Å². The predicted molar refractivity (Wildman–Crippen MR) is 74.5 cm³/mol. The zero-order valence-electron chi connectivity index (χ0n) is 11.4. The summed E-state index contributed by atoms with van der Waals surface area (Å²) in [6.07, 6.45) is 0. The molecule has 0 unspecified atom stereocenters. The van der Waals surface area contributed by atoms with E-state index < -0.39 is 0 Å². The van der Waals surface area contributed by atoms with Gasteiger partial charge in [0, 0.05) is 26.2 Å². The van der Waals surface area contributed by atoms with Gasteiger partial charge in [-0.05, 0) is 13.8 Å². The van der Waals surface area contributed by atoms with Crippen molar-refractivity contribution >= 4 is 17.8 Å². The van der Waals surface area contributed by atoms with Gasteiger partial charge in [-0.15, -0.1) is 0 Å². The Hall–Kier alpha value is -1.67. The maximum atomic E-state index is 8.82. The second-order valence-electron chi connectivity index (χ2n) is 3.76. The Morgan fingerprint density at radius 3 is 1.74 bits per heavy atom. The highest BCUT2D eigenvalue weighted by Gasteiger charge is 2.10. The summed E-state index contributed by atoms with van der Waals surface area (Å²) in [5.41, 5.74) is 0. The van der Waals surface area contributed by atoms with Crippen molar-refractivity contribution in [1.82, 2.24) is 15.0 Å². The molecule has 1 aromatic heterocycles. The largest absolute Gasteiger partial charge is 0.395 e. The summed E-state index contributed by atoms with van der Waals surface area (Å²) in [4.78, 5) is 14.8. The van der Waals surface area contributed by atoms with Crippen molar-refractivity contribution < 1.29 is 10.2 Å². The first-order chi connectivity index (χ1) is 9.24.